The summed E-state index contributed by atoms with van der Waals surface area (Å²) in [7, 11) is 0. The van der Waals surface area contributed by atoms with Gasteiger partial charge in [-0.1, -0.05) is 35.0 Å². The van der Waals surface area contributed by atoms with Crippen LogP contribution in [0.5, 0.6) is 17.2 Å². The van der Waals surface area contributed by atoms with Gasteiger partial charge in [0.1, 0.15) is 6.54 Å². The molecule has 0 aliphatic rings. The molecular formula is C26H33N3O5. The van der Waals surface area contributed by atoms with Crippen LogP contribution in [0.3, 0.4) is 0 Å². The molecule has 2 aromatic carbocycles. The first-order valence-electron chi connectivity index (χ1n) is 11.6. The highest BCUT2D eigenvalue weighted by atomic mass is 16.5. The van der Waals surface area contributed by atoms with Gasteiger partial charge in [-0.3, -0.25) is 4.79 Å². The van der Waals surface area contributed by atoms with Gasteiger partial charge in [-0.05, 0) is 53.7 Å². The average molecular weight is 468 g/mol. The highest BCUT2D eigenvalue weighted by Crippen LogP contribution is 2.39. The standard InChI is InChI=1S/C26H33N3O5/c1-7-31-21-14-20(15-22(32-8-2)24(21)33-9-3)26(30)29(17(4)5)16-23-27-25(28-34-23)19-12-10-18(6)11-13-19/h10-15,17H,7-9,16H2,1-6H3. The largest absolute Gasteiger partial charge is 0.490 e. The number of hydrogen-bond acceptors (Lipinski definition) is 7. The first-order chi connectivity index (χ1) is 16.4. The minimum absolute atomic E-state index is 0.111. The molecule has 0 unspecified atom stereocenters. The summed E-state index contributed by atoms with van der Waals surface area (Å²) in [5.41, 5.74) is 2.44. The van der Waals surface area contributed by atoms with Crippen molar-refractivity contribution in [3.63, 3.8) is 0 Å². The normalized spacial score (nSPS) is 10.9. The fraction of sp³-hybridized carbons (Fsp3) is 0.423. The molecule has 34 heavy (non-hydrogen) atoms. The topological polar surface area (TPSA) is 86.9 Å². The zero-order valence-corrected chi connectivity index (χ0v) is 20.8. The van der Waals surface area contributed by atoms with Crippen molar-refractivity contribution in [1.82, 2.24) is 15.0 Å². The quantitative estimate of drug-likeness (QED) is 0.378. The molecule has 0 aliphatic heterocycles. The number of aromatic nitrogens is 2. The van der Waals surface area contributed by atoms with Gasteiger partial charge in [0.2, 0.25) is 17.5 Å². The van der Waals surface area contributed by atoms with Crippen molar-refractivity contribution in [2.24, 2.45) is 0 Å². The van der Waals surface area contributed by atoms with Gasteiger partial charge in [0, 0.05) is 17.2 Å². The van der Waals surface area contributed by atoms with Crippen molar-refractivity contribution in [2.75, 3.05) is 19.8 Å². The molecule has 0 atom stereocenters. The Hall–Kier alpha value is -3.55. The van der Waals surface area contributed by atoms with E-state index in [0.717, 1.165) is 11.1 Å². The van der Waals surface area contributed by atoms with Crippen LogP contribution in [0.15, 0.2) is 40.9 Å². The molecule has 0 spiro atoms. The van der Waals surface area contributed by atoms with Crippen molar-refractivity contribution in [3.8, 4) is 28.6 Å². The Bertz CT molecular complexity index is 1070. The van der Waals surface area contributed by atoms with E-state index in [1.807, 2.05) is 65.8 Å². The van der Waals surface area contributed by atoms with Gasteiger partial charge in [-0.25, -0.2) is 0 Å². The first kappa shape index (κ1) is 25.1. The maximum absolute atomic E-state index is 13.6. The molecular weight excluding hydrogens is 434 g/mol. The number of carbonyl (C=O) groups is 1. The van der Waals surface area contributed by atoms with E-state index in [4.69, 9.17) is 18.7 Å². The molecule has 0 saturated carbocycles. The molecule has 0 aliphatic carbocycles. The van der Waals surface area contributed by atoms with Crippen molar-refractivity contribution in [3.05, 3.63) is 53.4 Å². The minimum Gasteiger partial charge on any atom is -0.490 e. The predicted octanol–water partition coefficient (Wildman–Crippen LogP) is 5.29. The zero-order chi connectivity index (χ0) is 24.7. The summed E-state index contributed by atoms with van der Waals surface area (Å²) >= 11 is 0. The van der Waals surface area contributed by atoms with Gasteiger partial charge in [0.25, 0.3) is 5.91 Å². The molecule has 0 radical (unpaired) electrons. The Morgan fingerprint density at radius 3 is 2.09 bits per heavy atom. The third-order valence-corrected chi connectivity index (χ3v) is 5.12. The van der Waals surface area contributed by atoms with Crippen LogP contribution < -0.4 is 14.2 Å². The van der Waals surface area contributed by atoms with Crippen LogP contribution in [0.25, 0.3) is 11.4 Å². The molecule has 8 nitrogen and oxygen atoms in total. The van der Waals surface area contributed by atoms with Crippen molar-refractivity contribution < 1.29 is 23.5 Å². The number of amides is 1. The Kier molecular flexibility index (Phi) is 8.51. The highest BCUT2D eigenvalue weighted by Gasteiger charge is 2.25. The molecule has 0 N–H and O–H groups in total. The number of carbonyl (C=O) groups excluding carboxylic acids is 1. The number of aryl methyl sites for hydroxylation is 1. The van der Waals surface area contributed by atoms with Crippen molar-refractivity contribution >= 4 is 5.91 Å². The second-order valence-electron chi connectivity index (χ2n) is 8.01. The average Bonchev–Trinajstić information content (AvgIpc) is 3.28. The fourth-order valence-corrected chi connectivity index (χ4v) is 3.45. The molecule has 0 bridgehead atoms. The lowest BCUT2D eigenvalue weighted by Gasteiger charge is -2.26. The monoisotopic (exact) mass is 467 g/mol. The molecule has 1 amide bonds. The summed E-state index contributed by atoms with van der Waals surface area (Å²) in [6.45, 7) is 13.0. The molecule has 3 rings (SSSR count). The maximum atomic E-state index is 13.6. The lowest BCUT2D eigenvalue weighted by molar-refractivity contribution is 0.0666. The highest BCUT2D eigenvalue weighted by molar-refractivity contribution is 5.95. The molecule has 182 valence electrons. The van der Waals surface area contributed by atoms with Crippen molar-refractivity contribution in [2.45, 2.75) is 54.1 Å². The van der Waals surface area contributed by atoms with Gasteiger partial charge >= 0.3 is 0 Å². The lowest BCUT2D eigenvalue weighted by atomic mass is 10.1. The van der Waals surface area contributed by atoms with Gasteiger partial charge < -0.3 is 23.6 Å². The number of benzene rings is 2. The Morgan fingerprint density at radius 1 is 0.971 bits per heavy atom. The van der Waals surface area contributed by atoms with E-state index >= 15 is 0 Å². The Morgan fingerprint density at radius 2 is 1.56 bits per heavy atom. The van der Waals surface area contributed by atoms with Crippen LogP contribution in [0.1, 0.15) is 56.4 Å². The second kappa shape index (κ2) is 11.5. The van der Waals surface area contributed by atoms with Gasteiger partial charge in [0.15, 0.2) is 11.5 Å². The van der Waals surface area contributed by atoms with E-state index in [0.29, 0.717) is 54.3 Å². The third-order valence-electron chi connectivity index (χ3n) is 5.12. The van der Waals surface area contributed by atoms with Gasteiger partial charge in [-0.15, -0.1) is 0 Å². The van der Waals surface area contributed by atoms with Crippen LogP contribution in [0.2, 0.25) is 0 Å². The number of rotatable bonds is 11. The summed E-state index contributed by atoms with van der Waals surface area (Å²) in [4.78, 5) is 19.7. The van der Waals surface area contributed by atoms with E-state index in [-0.39, 0.29) is 18.5 Å². The fourth-order valence-electron chi connectivity index (χ4n) is 3.45. The SMILES string of the molecule is CCOc1cc(C(=O)N(Cc2nc(-c3ccc(C)cc3)no2)C(C)C)cc(OCC)c1OCC. The molecule has 0 saturated heterocycles. The molecule has 0 fully saturated rings. The van der Waals surface area contributed by atoms with Gasteiger partial charge in [-0.2, -0.15) is 4.98 Å². The number of nitrogens with zero attached hydrogens (tertiary/aromatic N) is 3. The van der Waals surface area contributed by atoms with Crippen LogP contribution in [0, 0.1) is 6.92 Å². The third kappa shape index (κ3) is 5.87. The smallest absolute Gasteiger partial charge is 0.254 e. The second-order valence-corrected chi connectivity index (χ2v) is 8.01. The van der Waals surface area contributed by atoms with E-state index in [9.17, 15) is 4.79 Å². The maximum Gasteiger partial charge on any atom is 0.254 e. The molecule has 1 aromatic heterocycles. The molecule has 3 aromatic rings. The van der Waals surface area contributed by atoms with Gasteiger partial charge in [0.05, 0.1) is 19.8 Å². The van der Waals surface area contributed by atoms with E-state index in [1.165, 1.54) is 0 Å². The number of hydrogen-bond donors (Lipinski definition) is 0. The van der Waals surface area contributed by atoms with Crippen LogP contribution in [-0.2, 0) is 6.54 Å². The zero-order valence-electron chi connectivity index (χ0n) is 20.8. The lowest BCUT2D eigenvalue weighted by Crippen LogP contribution is -2.36. The minimum atomic E-state index is -0.199. The molecule has 8 heteroatoms. The van der Waals surface area contributed by atoms with Crippen molar-refractivity contribution in [1.29, 1.82) is 0 Å². The van der Waals surface area contributed by atoms with Crippen LogP contribution in [0.4, 0.5) is 0 Å². The van der Waals surface area contributed by atoms with E-state index < -0.39 is 0 Å². The van der Waals surface area contributed by atoms with E-state index in [1.54, 1.807) is 17.0 Å². The van der Waals surface area contributed by atoms with Crippen LogP contribution >= 0.6 is 0 Å². The van der Waals surface area contributed by atoms with Crippen LogP contribution in [-0.4, -0.2) is 46.8 Å². The Balaban J connectivity index is 1.90. The summed E-state index contributed by atoms with van der Waals surface area (Å²) < 4.78 is 22.8. The first-order valence-corrected chi connectivity index (χ1v) is 11.6. The number of ether oxygens (including phenoxy) is 3. The summed E-state index contributed by atoms with van der Waals surface area (Å²) in [6.07, 6.45) is 0. The Labute approximate surface area is 200 Å². The van der Waals surface area contributed by atoms with E-state index in [2.05, 4.69) is 10.1 Å². The predicted molar refractivity (Wildman–Crippen MR) is 129 cm³/mol. The molecule has 1 heterocycles. The summed E-state index contributed by atoms with van der Waals surface area (Å²) in [5, 5.41) is 4.09. The summed E-state index contributed by atoms with van der Waals surface area (Å²) in [6, 6.07) is 11.2. The summed E-state index contributed by atoms with van der Waals surface area (Å²) in [5.74, 6) is 2.10.